The Morgan fingerprint density at radius 1 is 1.19 bits per heavy atom. The van der Waals surface area contributed by atoms with Crippen LogP contribution in [0.3, 0.4) is 0 Å². The van der Waals surface area contributed by atoms with Gasteiger partial charge in [-0.05, 0) is 13.8 Å². The fourth-order valence-corrected chi connectivity index (χ4v) is 2.15. The predicted octanol–water partition coefficient (Wildman–Crippen LogP) is 2.55. The van der Waals surface area contributed by atoms with Gasteiger partial charge in [-0.3, -0.25) is 4.68 Å². The monoisotopic (exact) mass is 291 g/mol. The molecular formula is C15H25N5O. The lowest BCUT2D eigenvalue weighted by Crippen LogP contribution is -2.22. The van der Waals surface area contributed by atoms with Gasteiger partial charge in [0.2, 0.25) is 5.89 Å². The largest absolute Gasteiger partial charge is 0.339 e. The smallest absolute Gasteiger partial charge is 0.229 e. The predicted molar refractivity (Wildman–Crippen MR) is 81.2 cm³/mol. The minimum absolute atomic E-state index is 0.248. The standard InChI is InChI=1S/C15H25N5O/c1-9(2)15-17-14(19-21-15)8-20-12(6)13(11(5)18-20)7-16-10(3)4/h9-10,16H,7-8H2,1-6H3. The molecule has 6 heteroatoms. The number of rotatable bonds is 6. The molecule has 0 radical (unpaired) electrons. The maximum absolute atomic E-state index is 5.24. The zero-order valence-electron chi connectivity index (χ0n) is 13.8. The molecule has 21 heavy (non-hydrogen) atoms. The van der Waals surface area contributed by atoms with Gasteiger partial charge in [-0.1, -0.05) is 32.9 Å². The van der Waals surface area contributed by atoms with Crippen molar-refractivity contribution in [2.75, 3.05) is 0 Å². The number of nitrogens with zero attached hydrogens (tertiary/aromatic N) is 4. The molecule has 0 aliphatic rings. The number of aryl methyl sites for hydroxylation is 1. The first-order chi connectivity index (χ1) is 9.88. The summed E-state index contributed by atoms with van der Waals surface area (Å²) < 4.78 is 7.19. The van der Waals surface area contributed by atoms with E-state index < -0.39 is 0 Å². The third kappa shape index (κ3) is 3.69. The Balaban J connectivity index is 2.14. The van der Waals surface area contributed by atoms with Crippen LogP contribution in [0.25, 0.3) is 0 Å². The average Bonchev–Trinajstić information content (AvgIpc) is 2.95. The van der Waals surface area contributed by atoms with Crippen LogP contribution in [0.4, 0.5) is 0 Å². The molecule has 0 aliphatic heterocycles. The Morgan fingerprint density at radius 2 is 1.90 bits per heavy atom. The summed E-state index contributed by atoms with van der Waals surface area (Å²) in [5, 5.41) is 12.1. The molecule has 0 atom stereocenters. The highest BCUT2D eigenvalue weighted by Crippen LogP contribution is 2.15. The molecule has 2 heterocycles. The molecule has 2 aromatic heterocycles. The number of hydrogen-bond donors (Lipinski definition) is 1. The van der Waals surface area contributed by atoms with E-state index in [0.29, 0.717) is 24.3 Å². The first-order valence-electron chi connectivity index (χ1n) is 7.47. The molecule has 0 spiro atoms. The van der Waals surface area contributed by atoms with Crippen molar-refractivity contribution in [1.29, 1.82) is 0 Å². The fourth-order valence-electron chi connectivity index (χ4n) is 2.15. The van der Waals surface area contributed by atoms with Crippen LogP contribution < -0.4 is 5.32 Å². The maximum Gasteiger partial charge on any atom is 0.229 e. The molecule has 116 valence electrons. The molecule has 6 nitrogen and oxygen atoms in total. The molecule has 2 rings (SSSR count). The van der Waals surface area contributed by atoms with Gasteiger partial charge in [-0.15, -0.1) is 0 Å². The van der Waals surface area contributed by atoms with Crippen LogP contribution >= 0.6 is 0 Å². The molecule has 0 unspecified atom stereocenters. The minimum atomic E-state index is 0.248. The Kier molecular flexibility index (Phi) is 4.77. The van der Waals surface area contributed by atoms with Crippen molar-refractivity contribution in [3.63, 3.8) is 0 Å². The topological polar surface area (TPSA) is 68.8 Å². The van der Waals surface area contributed by atoms with Crippen LogP contribution in [0.5, 0.6) is 0 Å². The van der Waals surface area contributed by atoms with Crippen molar-refractivity contribution in [1.82, 2.24) is 25.2 Å². The molecule has 0 saturated heterocycles. The molecule has 0 saturated carbocycles. The van der Waals surface area contributed by atoms with Crippen molar-refractivity contribution < 1.29 is 4.52 Å². The van der Waals surface area contributed by atoms with Crippen LogP contribution in [-0.2, 0) is 13.1 Å². The highest BCUT2D eigenvalue weighted by molar-refractivity contribution is 5.24. The van der Waals surface area contributed by atoms with Crippen molar-refractivity contribution in [3.05, 3.63) is 28.7 Å². The van der Waals surface area contributed by atoms with Crippen LogP contribution in [0.2, 0.25) is 0 Å². The van der Waals surface area contributed by atoms with Crippen molar-refractivity contribution in [2.24, 2.45) is 0 Å². The van der Waals surface area contributed by atoms with E-state index in [0.717, 1.165) is 17.9 Å². The van der Waals surface area contributed by atoms with Crippen LogP contribution in [0.15, 0.2) is 4.52 Å². The van der Waals surface area contributed by atoms with Crippen LogP contribution in [0.1, 0.15) is 62.3 Å². The van der Waals surface area contributed by atoms with Gasteiger partial charge in [-0.25, -0.2) is 0 Å². The van der Waals surface area contributed by atoms with E-state index in [1.807, 2.05) is 25.5 Å². The third-order valence-corrected chi connectivity index (χ3v) is 3.49. The summed E-state index contributed by atoms with van der Waals surface area (Å²) in [6.45, 7) is 13.9. The highest BCUT2D eigenvalue weighted by Gasteiger charge is 2.15. The summed E-state index contributed by atoms with van der Waals surface area (Å²) in [5.41, 5.74) is 3.45. The summed E-state index contributed by atoms with van der Waals surface area (Å²) >= 11 is 0. The van der Waals surface area contributed by atoms with Crippen molar-refractivity contribution in [3.8, 4) is 0 Å². The number of aromatic nitrogens is 4. The molecule has 0 amide bonds. The Hall–Kier alpha value is -1.69. The molecule has 2 aromatic rings. The van der Waals surface area contributed by atoms with Crippen molar-refractivity contribution >= 4 is 0 Å². The summed E-state index contributed by atoms with van der Waals surface area (Å²) in [6, 6.07) is 0.456. The average molecular weight is 291 g/mol. The van der Waals surface area contributed by atoms with Crippen molar-refractivity contribution in [2.45, 2.75) is 66.6 Å². The second-order valence-corrected chi connectivity index (χ2v) is 6.05. The van der Waals surface area contributed by atoms with E-state index in [2.05, 4.69) is 41.3 Å². The summed E-state index contributed by atoms with van der Waals surface area (Å²) in [4.78, 5) is 4.41. The van der Waals surface area contributed by atoms with E-state index in [4.69, 9.17) is 4.52 Å². The minimum Gasteiger partial charge on any atom is -0.339 e. The van der Waals surface area contributed by atoms with E-state index in [1.54, 1.807) is 0 Å². The number of hydrogen-bond acceptors (Lipinski definition) is 5. The molecule has 0 aliphatic carbocycles. The lowest BCUT2D eigenvalue weighted by Gasteiger charge is -2.08. The number of nitrogens with one attached hydrogen (secondary N) is 1. The first kappa shape index (κ1) is 15.7. The zero-order valence-corrected chi connectivity index (χ0v) is 13.8. The lowest BCUT2D eigenvalue weighted by atomic mass is 10.2. The normalized spacial score (nSPS) is 11.8. The maximum atomic E-state index is 5.24. The Bertz CT molecular complexity index is 597. The van der Waals surface area contributed by atoms with Gasteiger partial charge in [-0.2, -0.15) is 10.1 Å². The van der Waals surface area contributed by atoms with E-state index >= 15 is 0 Å². The molecule has 0 fully saturated rings. The quantitative estimate of drug-likeness (QED) is 0.885. The van der Waals surface area contributed by atoms with Gasteiger partial charge in [0.25, 0.3) is 0 Å². The molecule has 0 bridgehead atoms. The summed E-state index contributed by atoms with van der Waals surface area (Å²) in [6.07, 6.45) is 0. The second kappa shape index (κ2) is 6.39. The summed E-state index contributed by atoms with van der Waals surface area (Å²) in [7, 11) is 0. The van der Waals surface area contributed by atoms with E-state index in [-0.39, 0.29) is 5.92 Å². The third-order valence-electron chi connectivity index (χ3n) is 3.49. The molecular weight excluding hydrogens is 266 g/mol. The van der Waals surface area contributed by atoms with Gasteiger partial charge in [0.1, 0.15) is 6.54 Å². The fraction of sp³-hybridized carbons (Fsp3) is 0.667. The lowest BCUT2D eigenvalue weighted by molar-refractivity contribution is 0.359. The van der Waals surface area contributed by atoms with Crippen LogP contribution in [0, 0.1) is 13.8 Å². The van der Waals surface area contributed by atoms with Gasteiger partial charge < -0.3 is 9.84 Å². The molecule has 0 aromatic carbocycles. The Morgan fingerprint density at radius 3 is 2.48 bits per heavy atom. The molecule has 1 N–H and O–H groups in total. The van der Waals surface area contributed by atoms with Crippen LogP contribution in [-0.4, -0.2) is 26.0 Å². The Labute approximate surface area is 125 Å². The van der Waals surface area contributed by atoms with Gasteiger partial charge in [0.05, 0.1) is 5.69 Å². The van der Waals surface area contributed by atoms with Gasteiger partial charge in [0, 0.05) is 29.8 Å². The highest BCUT2D eigenvalue weighted by atomic mass is 16.5. The van der Waals surface area contributed by atoms with E-state index in [9.17, 15) is 0 Å². The SMILES string of the molecule is Cc1nn(Cc2noc(C(C)C)n2)c(C)c1CNC(C)C. The van der Waals surface area contributed by atoms with E-state index in [1.165, 1.54) is 5.56 Å². The van der Waals surface area contributed by atoms with Gasteiger partial charge in [0.15, 0.2) is 5.82 Å². The zero-order chi connectivity index (χ0) is 15.6. The summed E-state index contributed by atoms with van der Waals surface area (Å²) in [5.74, 6) is 1.60. The van der Waals surface area contributed by atoms with Gasteiger partial charge >= 0.3 is 0 Å². The first-order valence-corrected chi connectivity index (χ1v) is 7.47. The second-order valence-electron chi connectivity index (χ2n) is 6.05.